The molecule has 0 spiro atoms. The van der Waals surface area contributed by atoms with E-state index in [0.29, 0.717) is 37.4 Å². The van der Waals surface area contributed by atoms with E-state index >= 15 is 0 Å². The van der Waals surface area contributed by atoms with Crippen LogP contribution in [0.1, 0.15) is 27.6 Å². The van der Waals surface area contributed by atoms with Crippen molar-refractivity contribution in [3.63, 3.8) is 0 Å². The minimum atomic E-state index is -0.780. The number of piperazine rings is 1. The van der Waals surface area contributed by atoms with Gasteiger partial charge in [0.2, 0.25) is 0 Å². The lowest BCUT2D eigenvalue weighted by Crippen LogP contribution is -2.50. The Hall–Kier alpha value is -3.94. The van der Waals surface area contributed by atoms with Gasteiger partial charge in [0.15, 0.2) is 12.4 Å². The topological polar surface area (TPSA) is 87.2 Å². The molecule has 7 nitrogen and oxygen atoms in total. The minimum absolute atomic E-state index is 0.00389. The summed E-state index contributed by atoms with van der Waals surface area (Å²) in [5.74, 6) is -2.04. The molecule has 3 aromatic rings. The summed E-state index contributed by atoms with van der Waals surface area (Å²) in [6.45, 7) is 2.42. The van der Waals surface area contributed by atoms with Gasteiger partial charge in [0, 0.05) is 31.7 Å². The number of anilines is 1. The molecular weight excluding hydrogens is 427 g/mol. The highest BCUT2D eigenvalue weighted by atomic mass is 19.1. The van der Waals surface area contributed by atoms with Gasteiger partial charge in [0.1, 0.15) is 17.1 Å². The summed E-state index contributed by atoms with van der Waals surface area (Å²) in [5, 5.41) is 11.7. The highest BCUT2D eigenvalue weighted by molar-refractivity contribution is 5.99. The van der Waals surface area contributed by atoms with Crippen LogP contribution in [0.25, 0.3) is 10.8 Å². The number of hydrogen-bond donors (Lipinski definition) is 1. The second-order valence-electron chi connectivity index (χ2n) is 7.88. The maximum Gasteiger partial charge on any atom is 0.342 e. The number of Topliss-reactive ketones (excluding diaryl/α,β-unsaturated/α-hetero) is 1. The second kappa shape index (κ2) is 9.28. The van der Waals surface area contributed by atoms with Gasteiger partial charge in [-0.15, -0.1) is 0 Å². The molecule has 0 bridgehead atoms. The first kappa shape index (κ1) is 22.3. The highest BCUT2D eigenvalue weighted by Gasteiger charge is 2.24. The fraction of sp³-hybridized carbons (Fsp3) is 0.240. The van der Waals surface area contributed by atoms with Crippen LogP contribution in [0.5, 0.6) is 5.75 Å². The summed E-state index contributed by atoms with van der Waals surface area (Å²) in [7, 11) is 0. The van der Waals surface area contributed by atoms with E-state index in [2.05, 4.69) is 0 Å². The van der Waals surface area contributed by atoms with Gasteiger partial charge in [0.05, 0.1) is 5.69 Å². The first-order valence-electron chi connectivity index (χ1n) is 10.6. The van der Waals surface area contributed by atoms with E-state index in [1.807, 2.05) is 29.2 Å². The van der Waals surface area contributed by atoms with Crippen molar-refractivity contribution < 1.29 is 28.6 Å². The number of carbonyl (C=O) groups is 3. The summed E-state index contributed by atoms with van der Waals surface area (Å²) in [5.41, 5.74) is 0.686. The Morgan fingerprint density at radius 1 is 0.970 bits per heavy atom. The molecule has 0 atom stereocenters. The number of nitrogens with zero attached hydrogens (tertiary/aromatic N) is 2. The normalized spacial score (nSPS) is 13.8. The van der Waals surface area contributed by atoms with E-state index in [9.17, 15) is 23.9 Å². The molecule has 1 heterocycles. The first-order valence-corrected chi connectivity index (χ1v) is 10.6. The molecule has 0 aromatic heterocycles. The number of carbonyl (C=O) groups excluding carboxylic acids is 3. The van der Waals surface area contributed by atoms with E-state index in [4.69, 9.17) is 4.74 Å². The summed E-state index contributed by atoms with van der Waals surface area (Å²) in [6.07, 6.45) is 0. The van der Waals surface area contributed by atoms with Crippen LogP contribution in [-0.2, 0) is 9.53 Å². The number of aromatic hydroxyl groups is 1. The Labute approximate surface area is 190 Å². The molecule has 4 rings (SSSR count). The maximum absolute atomic E-state index is 14.4. The number of fused-ring (bicyclic) bond motifs is 1. The average Bonchev–Trinajstić information content (AvgIpc) is 2.82. The van der Waals surface area contributed by atoms with Gasteiger partial charge in [-0.1, -0.05) is 24.3 Å². The molecule has 0 unspecified atom stereocenters. The number of phenolic OH excluding ortho intramolecular Hbond substituents is 1. The maximum atomic E-state index is 14.4. The highest BCUT2D eigenvalue weighted by Crippen LogP contribution is 2.26. The zero-order valence-corrected chi connectivity index (χ0v) is 18.1. The van der Waals surface area contributed by atoms with Gasteiger partial charge >= 0.3 is 5.97 Å². The quantitative estimate of drug-likeness (QED) is 0.474. The minimum Gasteiger partial charge on any atom is -0.507 e. The molecule has 170 valence electrons. The molecule has 1 aliphatic heterocycles. The Morgan fingerprint density at radius 2 is 1.64 bits per heavy atom. The molecule has 1 aliphatic rings. The van der Waals surface area contributed by atoms with Gasteiger partial charge in [-0.05, 0) is 48.0 Å². The zero-order chi connectivity index (χ0) is 23.5. The number of ether oxygens (including phenoxy) is 1. The average molecular weight is 450 g/mol. The predicted octanol–water partition coefficient (Wildman–Crippen LogP) is 3.39. The van der Waals surface area contributed by atoms with Crippen LogP contribution in [0, 0.1) is 5.82 Å². The number of benzene rings is 3. The number of esters is 1. The van der Waals surface area contributed by atoms with E-state index in [0.717, 1.165) is 10.8 Å². The lowest BCUT2D eigenvalue weighted by atomic mass is 10.1. The standard InChI is InChI=1S/C25H23FN2O5/c1-16(29)17-6-7-22(21(26)13-17)27-8-10-28(11-9-27)24(31)15-33-25(32)20-12-18-4-2-3-5-19(18)14-23(20)30/h2-7,12-14,30H,8-11,15H2,1H3. The molecule has 1 fully saturated rings. The number of amides is 1. The monoisotopic (exact) mass is 450 g/mol. The largest absolute Gasteiger partial charge is 0.507 e. The van der Waals surface area contributed by atoms with Gasteiger partial charge < -0.3 is 19.6 Å². The Balaban J connectivity index is 1.33. The molecule has 0 aliphatic carbocycles. The number of hydrogen-bond acceptors (Lipinski definition) is 6. The fourth-order valence-electron chi connectivity index (χ4n) is 3.87. The molecule has 1 amide bonds. The van der Waals surface area contributed by atoms with E-state index in [1.54, 1.807) is 17.0 Å². The third kappa shape index (κ3) is 4.79. The van der Waals surface area contributed by atoms with Crippen LogP contribution in [0.4, 0.5) is 10.1 Å². The van der Waals surface area contributed by atoms with Crippen molar-refractivity contribution >= 4 is 34.1 Å². The van der Waals surface area contributed by atoms with Crippen LogP contribution >= 0.6 is 0 Å². The zero-order valence-electron chi connectivity index (χ0n) is 18.1. The van der Waals surface area contributed by atoms with Crippen LogP contribution in [0.3, 0.4) is 0 Å². The predicted molar refractivity (Wildman–Crippen MR) is 121 cm³/mol. The molecule has 0 saturated carbocycles. The third-order valence-electron chi connectivity index (χ3n) is 5.74. The number of phenols is 1. The van der Waals surface area contributed by atoms with Crippen molar-refractivity contribution in [2.24, 2.45) is 0 Å². The van der Waals surface area contributed by atoms with Crippen LogP contribution < -0.4 is 4.90 Å². The van der Waals surface area contributed by atoms with Crippen molar-refractivity contribution in [1.82, 2.24) is 4.90 Å². The molecule has 0 radical (unpaired) electrons. The summed E-state index contributed by atoms with van der Waals surface area (Å²) in [4.78, 5) is 39.7. The van der Waals surface area contributed by atoms with Gasteiger partial charge in [-0.3, -0.25) is 9.59 Å². The SMILES string of the molecule is CC(=O)c1ccc(N2CCN(C(=O)COC(=O)c3cc4ccccc4cc3O)CC2)c(F)c1. The van der Waals surface area contributed by atoms with E-state index in [-0.39, 0.29) is 23.0 Å². The van der Waals surface area contributed by atoms with Gasteiger partial charge in [-0.25, -0.2) is 9.18 Å². The summed E-state index contributed by atoms with van der Waals surface area (Å²) < 4.78 is 19.5. The Kier molecular flexibility index (Phi) is 6.26. The van der Waals surface area contributed by atoms with Crippen molar-refractivity contribution in [2.45, 2.75) is 6.92 Å². The molecular formula is C25H23FN2O5. The van der Waals surface area contributed by atoms with E-state index in [1.165, 1.54) is 25.1 Å². The molecule has 8 heteroatoms. The molecule has 1 N–H and O–H groups in total. The molecule has 33 heavy (non-hydrogen) atoms. The van der Waals surface area contributed by atoms with Crippen molar-refractivity contribution in [3.8, 4) is 5.75 Å². The summed E-state index contributed by atoms with van der Waals surface area (Å²) in [6, 6.07) is 14.7. The number of rotatable bonds is 5. The Bertz CT molecular complexity index is 1230. The number of ketones is 1. The Morgan fingerprint density at radius 3 is 2.27 bits per heavy atom. The van der Waals surface area contributed by atoms with Crippen molar-refractivity contribution in [2.75, 3.05) is 37.7 Å². The van der Waals surface area contributed by atoms with E-state index < -0.39 is 18.4 Å². The molecule has 1 saturated heterocycles. The fourth-order valence-corrected chi connectivity index (χ4v) is 3.87. The molecule has 3 aromatic carbocycles. The van der Waals surface area contributed by atoms with Crippen molar-refractivity contribution in [1.29, 1.82) is 0 Å². The van der Waals surface area contributed by atoms with Crippen LogP contribution in [0.2, 0.25) is 0 Å². The van der Waals surface area contributed by atoms with Crippen LogP contribution in [0.15, 0.2) is 54.6 Å². The van der Waals surface area contributed by atoms with Crippen LogP contribution in [-0.4, -0.2) is 60.5 Å². The number of halogens is 1. The van der Waals surface area contributed by atoms with Crippen molar-refractivity contribution in [3.05, 3.63) is 71.5 Å². The first-order chi connectivity index (χ1) is 15.8. The lowest BCUT2D eigenvalue weighted by Gasteiger charge is -2.36. The van der Waals surface area contributed by atoms with Gasteiger partial charge in [0.25, 0.3) is 5.91 Å². The third-order valence-corrected chi connectivity index (χ3v) is 5.74. The lowest BCUT2D eigenvalue weighted by molar-refractivity contribution is -0.134. The van der Waals surface area contributed by atoms with Gasteiger partial charge in [-0.2, -0.15) is 0 Å². The second-order valence-corrected chi connectivity index (χ2v) is 7.88. The summed E-state index contributed by atoms with van der Waals surface area (Å²) >= 11 is 0. The smallest absolute Gasteiger partial charge is 0.342 e.